The van der Waals surface area contributed by atoms with Crippen LogP contribution in [0.4, 0.5) is 0 Å². The van der Waals surface area contributed by atoms with Crippen LogP contribution in [0, 0.1) is 20.8 Å². The minimum atomic E-state index is -0.532. The van der Waals surface area contributed by atoms with Gasteiger partial charge in [-0.25, -0.2) is 4.79 Å². The Balaban J connectivity index is 0.900. The van der Waals surface area contributed by atoms with Gasteiger partial charge in [0, 0.05) is 59.8 Å². The number of pyridine rings is 1. The van der Waals surface area contributed by atoms with Crippen LogP contribution in [0.25, 0.3) is 21.6 Å². The summed E-state index contributed by atoms with van der Waals surface area (Å²) in [7, 11) is 0. The molecule has 0 aliphatic carbocycles. The van der Waals surface area contributed by atoms with Crippen molar-refractivity contribution in [2.24, 2.45) is 4.99 Å². The minimum Gasteiger partial charge on any atom is -0.493 e. The number of amides is 1. The number of aryl methyl sites for hydroxylation is 3. The van der Waals surface area contributed by atoms with Gasteiger partial charge in [-0.2, -0.15) is 0 Å². The zero-order valence-electron chi connectivity index (χ0n) is 32.1. The summed E-state index contributed by atoms with van der Waals surface area (Å²) in [5, 5.41) is 13.9. The molecule has 1 aliphatic rings. The monoisotopic (exact) mass is 774 g/mol. The normalized spacial score (nSPS) is 13.6. The van der Waals surface area contributed by atoms with E-state index >= 15 is 0 Å². The van der Waals surface area contributed by atoms with Crippen LogP contribution in [0.2, 0.25) is 0 Å². The van der Waals surface area contributed by atoms with Crippen LogP contribution >= 0.6 is 11.3 Å². The van der Waals surface area contributed by atoms with Crippen molar-refractivity contribution in [1.82, 2.24) is 34.6 Å². The molecule has 4 aromatic heterocycles. The standard InChI is InChI=1S/C42H46N8O5S/c1-5-6-9-29-10-12-30(13-11-29)39-38-26(2)27(3)56-41(38)50-28(4)47-48-40(50)35(45-39)24-37(52)43-17-7-19-54-20-8-21-55-33-14-15-34-31(23-33)22-32(25-44-34)49-18-16-36(51)46-42(49)53/h10-16,18,22-23,25,35H,5-9,17,19-21,24H2,1-4H3,(H,43,52)(H,46,51,53). The van der Waals surface area contributed by atoms with Gasteiger partial charge in [-0.05, 0) is 75.4 Å². The number of hydrogen-bond acceptors (Lipinski definition) is 10. The molecule has 2 aromatic carbocycles. The summed E-state index contributed by atoms with van der Waals surface area (Å²) in [5.74, 6) is 2.02. The number of aromatic nitrogens is 6. The number of thiophene rings is 1. The van der Waals surface area contributed by atoms with Crippen LogP contribution < -0.4 is 21.3 Å². The summed E-state index contributed by atoms with van der Waals surface area (Å²) in [4.78, 5) is 50.2. The number of benzene rings is 2. The van der Waals surface area contributed by atoms with Crippen LogP contribution in [0.15, 0.2) is 81.6 Å². The Bertz CT molecular complexity index is 2500. The third kappa shape index (κ3) is 8.56. The van der Waals surface area contributed by atoms with Gasteiger partial charge in [0.25, 0.3) is 5.56 Å². The highest BCUT2D eigenvalue weighted by Crippen LogP contribution is 2.39. The molecule has 1 amide bonds. The Labute approximate surface area is 328 Å². The van der Waals surface area contributed by atoms with E-state index in [1.54, 1.807) is 17.5 Å². The van der Waals surface area contributed by atoms with Gasteiger partial charge in [0.1, 0.15) is 22.6 Å². The molecule has 1 atom stereocenters. The van der Waals surface area contributed by atoms with E-state index < -0.39 is 17.3 Å². The molecule has 7 rings (SSSR count). The minimum absolute atomic E-state index is 0.102. The average Bonchev–Trinajstić information content (AvgIpc) is 3.67. The molecule has 0 bridgehead atoms. The molecule has 0 saturated carbocycles. The van der Waals surface area contributed by atoms with Crippen LogP contribution in [0.3, 0.4) is 0 Å². The lowest BCUT2D eigenvalue weighted by atomic mass is 9.97. The number of carbonyl (C=O) groups excluding carboxylic acids is 1. The third-order valence-electron chi connectivity index (χ3n) is 9.89. The molecule has 56 heavy (non-hydrogen) atoms. The maximum absolute atomic E-state index is 13.3. The van der Waals surface area contributed by atoms with Crippen molar-refractivity contribution < 1.29 is 14.3 Å². The molecule has 0 fully saturated rings. The second-order valence-electron chi connectivity index (χ2n) is 13.9. The van der Waals surface area contributed by atoms with Crippen molar-refractivity contribution in [3.8, 4) is 16.4 Å². The van der Waals surface area contributed by atoms with E-state index in [1.165, 1.54) is 32.8 Å². The number of unbranched alkanes of at least 4 members (excludes halogenated alkanes) is 1. The van der Waals surface area contributed by atoms with Crippen molar-refractivity contribution in [2.45, 2.75) is 72.3 Å². The number of fused-ring (bicyclic) bond motifs is 4. The SMILES string of the molecule is CCCCc1ccc(C2=NC(CC(=O)NCCCOCCCOc3ccc4ncc(-n5ccc(=O)[nH]c5=O)cc4c3)c3nnc(C)n3-c3sc(C)c(C)c32)cc1. The van der Waals surface area contributed by atoms with Gasteiger partial charge in [0.2, 0.25) is 5.91 Å². The van der Waals surface area contributed by atoms with E-state index in [9.17, 15) is 14.4 Å². The Morgan fingerprint density at radius 1 is 0.964 bits per heavy atom. The molecule has 0 saturated heterocycles. The van der Waals surface area contributed by atoms with Gasteiger partial charge in [0.15, 0.2) is 5.82 Å². The number of rotatable bonds is 16. The van der Waals surface area contributed by atoms with Crippen LogP contribution in [-0.2, 0) is 16.0 Å². The van der Waals surface area contributed by atoms with Gasteiger partial charge in [0.05, 0.1) is 36.1 Å². The maximum atomic E-state index is 13.3. The first-order valence-electron chi connectivity index (χ1n) is 19.1. The molecule has 5 heterocycles. The van der Waals surface area contributed by atoms with Crippen molar-refractivity contribution in [3.63, 3.8) is 0 Å². The van der Waals surface area contributed by atoms with E-state index in [-0.39, 0.29) is 12.3 Å². The zero-order valence-corrected chi connectivity index (χ0v) is 32.9. The molecule has 0 spiro atoms. The zero-order chi connectivity index (χ0) is 39.2. The van der Waals surface area contributed by atoms with Gasteiger partial charge >= 0.3 is 5.69 Å². The quantitative estimate of drug-likeness (QED) is 0.109. The fourth-order valence-corrected chi connectivity index (χ4v) is 7.99. The summed E-state index contributed by atoms with van der Waals surface area (Å²) < 4.78 is 15.2. The summed E-state index contributed by atoms with van der Waals surface area (Å²) in [5.41, 5.74) is 5.79. The second kappa shape index (κ2) is 17.4. The molecule has 1 aliphatic heterocycles. The summed E-state index contributed by atoms with van der Waals surface area (Å²) >= 11 is 1.71. The van der Waals surface area contributed by atoms with Gasteiger partial charge in [-0.15, -0.1) is 21.5 Å². The fourth-order valence-electron chi connectivity index (χ4n) is 6.78. The Kier molecular flexibility index (Phi) is 12.0. The number of carbonyl (C=O) groups is 1. The van der Waals surface area contributed by atoms with Crippen molar-refractivity contribution in [3.05, 3.63) is 127 Å². The van der Waals surface area contributed by atoms with Gasteiger partial charge in [-0.1, -0.05) is 37.6 Å². The molecule has 290 valence electrons. The molecular weight excluding hydrogens is 729 g/mol. The predicted molar refractivity (Wildman–Crippen MR) is 218 cm³/mol. The predicted octanol–water partition coefficient (Wildman–Crippen LogP) is 6.26. The first kappa shape index (κ1) is 38.5. The number of H-pyrrole nitrogens is 1. The average molecular weight is 775 g/mol. The molecule has 14 heteroatoms. The van der Waals surface area contributed by atoms with Crippen molar-refractivity contribution in [1.29, 1.82) is 0 Å². The largest absolute Gasteiger partial charge is 0.493 e. The summed E-state index contributed by atoms with van der Waals surface area (Å²) in [6, 6.07) is 16.9. The third-order valence-corrected chi connectivity index (χ3v) is 11.1. The highest BCUT2D eigenvalue weighted by Gasteiger charge is 2.32. The van der Waals surface area contributed by atoms with Crippen molar-refractivity contribution in [2.75, 3.05) is 26.4 Å². The highest BCUT2D eigenvalue weighted by molar-refractivity contribution is 7.15. The second-order valence-corrected chi connectivity index (χ2v) is 15.2. The topological polar surface area (TPSA) is 158 Å². The number of nitrogens with zero attached hydrogens (tertiary/aromatic N) is 6. The first-order valence-corrected chi connectivity index (χ1v) is 19.9. The van der Waals surface area contributed by atoms with E-state index in [0.29, 0.717) is 56.5 Å². The van der Waals surface area contributed by atoms with Crippen LogP contribution in [0.5, 0.6) is 5.75 Å². The molecule has 2 N–H and O–H groups in total. The van der Waals surface area contributed by atoms with E-state index in [2.05, 4.69) is 75.1 Å². The number of hydrogen-bond donors (Lipinski definition) is 2. The summed E-state index contributed by atoms with van der Waals surface area (Å²) in [6.45, 7) is 10.4. The first-order chi connectivity index (χ1) is 27.2. The fraction of sp³-hybridized carbons (Fsp3) is 0.357. The molecule has 13 nitrogen and oxygen atoms in total. The summed E-state index contributed by atoms with van der Waals surface area (Å²) in [6.07, 6.45) is 7.86. The smallest absolute Gasteiger partial charge is 0.332 e. The van der Waals surface area contributed by atoms with E-state index in [1.807, 2.05) is 31.2 Å². The lowest BCUT2D eigenvalue weighted by Gasteiger charge is -2.13. The maximum Gasteiger partial charge on any atom is 0.332 e. The Morgan fingerprint density at radius 2 is 1.79 bits per heavy atom. The highest BCUT2D eigenvalue weighted by atomic mass is 32.1. The van der Waals surface area contributed by atoms with Crippen molar-refractivity contribution >= 4 is 33.9 Å². The number of aliphatic imine (C=N–C) groups is 1. The van der Waals surface area contributed by atoms with Crippen LogP contribution in [0.1, 0.15) is 83.8 Å². The number of aromatic amines is 1. The number of ether oxygens (including phenoxy) is 2. The lowest BCUT2D eigenvalue weighted by molar-refractivity contribution is -0.121. The van der Waals surface area contributed by atoms with E-state index in [0.717, 1.165) is 57.8 Å². The van der Waals surface area contributed by atoms with Gasteiger partial charge < -0.3 is 14.8 Å². The van der Waals surface area contributed by atoms with E-state index in [4.69, 9.17) is 14.5 Å². The molecule has 6 aromatic rings. The molecule has 1 unspecified atom stereocenters. The Hall–Kier alpha value is -5.73. The number of nitrogens with one attached hydrogen (secondary N) is 2. The lowest BCUT2D eigenvalue weighted by Crippen LogP contribution is -2.27. The Morgan fingerprint density at radius 3 is 2.59 bits per heavy atom. The van der Waals surface area contributed by atoms with Gasteiger partial charge in [-0.3, -0.25) is 33.7 Å². The molecular formula is C42H46N8O5S. The molecule has 0 radical (unpaired) electrons. The van der Waals surface area contributed by atoms with Crippen LogP contribution in [-0.4, -0.2) is 67.3 Å².